The second-order valence-corrected chi connectivity index (χ2v) is 9.77. The second kappa shape index (κ2) is 8.60. The van der Waals surface area contributed by atoms with E-state index >= 15 is 0 Å². The molecule has 1 aliphatic rings. The van der Waals surface area contributed by atoms with Crippen molar-refractivity contribution in [1.82, 2.24) is 4.98 Å². The largest absolute Gasteiger partial charge is 0.486 e. The molecule has 4 aromatic rings. The van der Waals surface area contributed by atoms with E-state index in [9.17, 15) is 13.2 Å². The van der Waals surface area contributed by atoms with Crippen LogP contribution in [0, 0.1) is 0 Å². The Bertz CT molecular complexity index is 1440. The number of carbonyl (C=O) groups is 1. The van der Waals surface area contributed by atoms with Crippen molar-refractivity contribution in [2.45, 2.75) is 4.90 Å². The van der Waals surface area contributed by atoms with Crippen molar-refractivity contribution in [3.63, 3.8) is 0 Å². The predicted molar refractivity (Wildman–Crippen MR) is 127 cm³/mol. The molecule has 0 atom stereocenters. The maximum atomic E-state index is 12.5. The number of hydrogen-bond acceptors (Lipinski definition) is 7. The first-order chi connectivity index (χ1) is 16.0. The molecule has 0 unspecified atom stereocenters. The Morgan fingerprint density at radius 1 is 0.879 bits per heavy atom. The quantitative estimate of drug-likeness (QED) is 0.385. The van der Waals surface area contributed by atoms with Gasteiger partial charge in [0.1, 0.15) is 13.2 Å². The number of rotatable bonds is 5. The third-order valence-electron chi connectivity index (χ3n) is 4.72. The van der Waals surface area contributed by atoms with Crippen molar-refractivity contribution in [2.24, 2.45) is 0 Å². The number of nitrogens with one attached hydrogen (secondary N) is 3. The van der Waals surface area contributed by atoms with Gasteiger partial charge in [0, 0.05) is 17.4 Å². The molecule has 1 aliphatic heterocycles. The second-order valence-electron chi connectivity index (χ2n) is 7.06. The number of thiazole rings is 1. The number of sulfonamides is 1. The molecule has 9 nitrogen and oxygen atoms in total. The number of anilines is 3. The first kappa shape index (κ1) is 21.0. The highest BCUT2D eigenvalue weighted by molar-refractivity contribution is 7.93. The summed E-state index contributed by atoms with van der Waals surface area (Å²) in [5.41, 5.74) is 1.72. The highest BCUT2D eigenvalue weighted by atomic mass is 32.2. The van der Waals surface area contributed by atoms with Crippen LogP contribution < -0.4 is 24.8 Å². The van der Waals surface area contributed by atoms with E-state index in [0.29, 0.717) is 41.6 Å². The van der Waals surface area contributed by atoms with E-state index in [1.54, 1.807) is 54.6 Å². The minimum Gasteiger partial charge on any atom is -0.486 e. The number of amides is 2. The first-order valence-electron chi connectivity index (χ1n) is 9.92. The Morgan fingerprint density at radius 3 is 2.36 bits per heavy atom. The van der Waals surface area contributed by atoms with Gasteiger partial charge in [-0.15, -0.1) is 0 Å². The van der Waals surface area contributed by atoms with E-state index in [1.807, 2.05) is 0 Å². The average molecular weight is 483 g/mol. The van der Waals surface area contributed by atoms with Crippen molar-refractivity contribution < 1.29 is 22.7 Å². The lowest BCUT2D eigenvalue weighted by Crippen LogP contribution is -2.20. The minimum atomic E-state index is -3.73. The summed E-state index contributed by atoms with van der Waals surface area (Å²) < 4.78 is 39.3. The van der Waals surface area contributed by atoms with E-state index in [2.05, 4.69) is 20.3 Å². The van der Waals surface area contributed by atoms with Crippen LogP contribution in [-0.2, 0) is 10.0 Å². The highest BCUT2D eigenvalue weighted by Gasteiger charge is 2.17. The van der Waals surface area contributed by atoms with E-state index in [0.717, 1.165) is 4.70 Å². The summed E-state index contributed by atoms with van der Waals surface area (Å²) in [4.78, 5) is 16.9. The van der Waals surface area contributed by atoms with Gasteiger partial charge in [0.15, 0.2) is 16.6 Å². The highest BCUT2D eigenvalue weighted by Crippen LogP contribution is 2.33. The molecule has 0 radical (unpaired) electrons. The van der Waals surface area contributed by atoms with Crippen molar-refractivity contribution in [1.29, 1.82) is 0 Å². The fourth-order valence-corrected chi connectivity index (χ4v) is 5.40. The Morgan fingerprint density at radius 2 is 1.58 bits per heavy atom. The molecule has 5 rings (SSSR count). The number of fused-ring (bicyclic) bond motifs is 2. The SMILES string of the molecule is O=C(Nc1ccc2c(c1)OCCO2)Nc1ccc2nc(NS(=O)(=O)c3ccccc3)sc2c1. The van der Waals surface area contributed by atoms with E-state index < -0.39 is 16.1 Å². The number of carbonyl (C=O) groups excluding carboxylic acids is 1. The van der Waals surface area contributed by atoms with Gasteiger partial charge in [0.05, 0.1) is 15.1 Å². The zero-order valence-corrected chi connectivity index (χ0v) is 18.7. The van der Waals surface area contributed by atoms with Gasteiger partial charge < -0.3 is 20.1 Å². The number of ether oxygens (including phenoxy) is 2. The fraction of sp³-hybridized carbons (Fsp3) is 0.0909. The molecule has 0 bridgehead atoms. The van der Waals surface area contributed by atoms with Crippen molar-refractivity contribution in [3.05, 3.63) is 66.7 Å². The number of hydrogen-bond donors (Lipinski definition) is 3. The maximum Gasteiger partial charge on any atom is 0.323 e. The predicted octanol–water partition coefficient (Wildman–Crippen LogP) is 4.51. The van der Waals surface area contributed by atoms with Crippen molar-refractivity contribution in [2.75, 3.05) is 28.6 Å². The van der Waals surface area contributed by atoms with E-state index in [-0.39, 0.29) is 10.0 Å². The lowest BCUT2D eigenvalue weighted by atomic mass is 10.2. The Kier molecular flexibility index (Phi) is 5.48. The smallest absolute Gasteiger partial charge is 0.323 e. The van der Waals surface area contributed by atoms with Crippen molar-refractivity contribution in [3.8, 4) is 11.5 Å². The zero-order valence-electron chi connectivity index (χ0n) is 17.1. The van der Waals surface area contributed by atoms with Crippen LogP contribution >= 0.6 is 11.3 Å². The summed E-state index contributed by atoms with van der Waals surface area (Å²) in [6.07, 6.45) is 0. The summed E-state index contributed by atoms with van der Waals surface area (Å²) in [7, 11) is -3.73. The summed E-state index contributed by atoms with van der Waals surface area (Å²) in [5, 5.41) is 5.76. The molecular formula is C22H18N4O5S2. The zero-order chi connectivity index (χ0) is 22.8. The first-order valence-corrected chi connectivity index (χ1v) is 12.2. The van der Waals surface area contributed by atoms with Crippen LogP contribution in [-0.4, -0.2) is 32.6 Å². The molecule has 11 heteroatoms. The molecule has 0 fully saturated rings. The van der Waals surface area contributed by atoms with Crippen LogP contribution in [0.3, 0.4) is 0 Å². The van der Waals surface area contributed by atoms with Crippen molar-refractivity contribution >= 4 is 54.1 Å². The summed E-state index contributed by atoms with van der Waals surface area (Å²) in [5.74, 6) is 1.22. The van der Waals surface area contributed by atoms with Gasteiger partial charge in [-0.25, -0.2) is 18.2 Å². The molecule has 0 spiro atoms. The van der Waals surface area contributed by atoms with Gasteiger partial charge in [-0.2, -0.15) is 0 Å². The van der Waals surface area contributed by atoms with E-state index in [4.69, 9.17) is 9.47 Å². The average Bonchev–Trinajstić information content (AvgIpc) is 3.20. The van der Waals surface area contributed by atoms with Gasteiger partial charge in [0.25, 0.3) is 10.0 Å². The Labute approximate surface area is 193 Å². The molecule has 0 aliphatic carbocycles. The normalized spacial score (nSPS) is 12.8. The van der Waals surface area contributed by atoms with Gasteiger partial charge in [-0.3, -0.25) is 4.72 Å². The summed E-state index contributed by atoms with van der Waals surface area (Å²) >= 11 is 1.18. The molecule has 2 heterocycles. The molecular weight excluding hydrogens is 464 g/mol. The molecule has 3 N–H and O–H groups in total. The third kappa shape index (κ3) is 4.69. The number of nitrogens with zero attached hydrogens (tertiary/aromatic N) is 1. The molecule has 0 saturated heterocycles. The number of benzene rings is 3. The topological polar surface area (TPSA) is 119 Å². The summed E-state index contributed by atoms with van der Waals surface area (Å²) in [6, 6.07) is 18.0. The van der Waals surface area contributed by atoms with Gasteiger partial charge in [0.2, 0.25) is 0 Å². The van der Waals surface area contributed by atoms with Crippen LogP contribution in [0.25, 0.3) is 10.2 Å². The van der Waals surface area contributed by atoms with Crippen LogP contribution in [0.5, 0.6) is 11.5 Å². The molecule has 1 aromatic heterocycles. The Hall–Kier alpha value is -3.83. The molecule has 33 heavy (non-hydrogen) atoms. The molecule has 168 valence electrons. The van der Waals surface area contributed by atoms with Crippen LogP contribution in [0.2, 0.25) is 0 Å². The lowest BCUT2D eigenvalue weighted by molar-refractivity contribution is 0.171. The maximum absolute atomic E-state index is 12.5. The van der Waals surface area contributed by atoms with Gasteiger partial charge in [-0.1, -0.05) is 29.5 Å². The minimum absolute atomic E-state index is 0.155. The van der Waals surface area contributed by atoms with Gasteiger partial charge >= 0.3 is 6.03 Å². The van der Waals surface area contributed by atoms with Crippen LogP contribution in [0.15, 0.2) is 71.6 Å². The fourth-order valence-electron chi connectivity index (χ4n) is 3.23. The molecule has 2 amide bonds. The van der Waals surface area contributed by atoms with Crippen LogP contribution in [0.1, 0.15) is 0 Å². The number of urea groups is 1. The summed E-state index contributed by atoms with van der Waals surface area (Å²) in [6.45, 7) is 0.955. The monoisotopic (exact) mass is 482 g/mol. The molecule has 0 saturated carbocycles. The lowest BCUT2D eigenvalue weighted by Gasteiger charge is -2.19. The van der Waals surface area contributed by atoms with Gasteiger partial charge in [-0.05, 0) is 42.5 Å². The number of aromatic nitrogens is 1. The standard InChI is InChI=1S/C22H18N4O5S2/c27-21(23-14-7-9-18-19(12-14)31-11-10-30-18)24-15-6-8-17-20(13-15)32-22(25-17)26-33(28,29)16-4-2-1-3-5-16/h1-9,12-13H,10-11H2,(H,25,26)(H2,23,24,27). The third-order valence-corrected chi connectivity index (χ3v) is 7.14. The Balaban J connectivity index is 1.28. The van der Waals surface area contributed by atoms with E-state index in [1.165, 1.54) is 23.5 Å². The molecule has 3 aromatic carbocycles. The van der Waals surface area contributed by atoms with Crippen LogP contribution in [0.4, 0.5) is 21.3 Å².